The summed E-state index contributed by atoms with van der Waals surface area (Å²) in [6, 6.07) is 0. The molecule has 1 heteroatoms. The highest BCUT2D eigenvalue weighted by Crippen LogP contribution is 2.50. The van der Waals surface area contributed by atoms with Crippen LogP contribution in [0.5, 0.6) is 0 Å². The van der Waals surface area contributed by atoms with E-state index in [1.165, 1.54) is 22.0 Å². The Hall–Kier alpha value is -0.570. The SMILES string of the molecule is C=C/C=C(I)\C=C1/CC2=C(C=CCC2)C1(C)C. The van der Waals surface area contributed by atoms with Gasteiger partial charge in [0.05, 0.1) is 0 Å². The lowest BCUT2D eigenvalue weighted by Crippen LogP contribution is -2.12. The van der Waals surface area contributed by atoms with Gasteiger partial charge < -0.3 is 0 Å². The fourth-order valence-electron chi connectivity index (χ4n) is 2.73. The smallest absolute Gasteiger partial charge is 0.0130 e. The fourth-order valence-corrected chi connectivity index (χ4v) is 3.36. The maximum absolute atomic E-state index is 3.75. The van der Waals surface area contributed by atoms with Crippen molar-refractivity contribution < 1.29 is 0 Å². The summed E-state index contributed by atoms with van der Waals surface area (Å²) in [5.41, 5.74) is 4.94. The lowest BCUT2D eigenvalue weighted by Gasteiger charge is -2.24. The van der Waals surface area contributed by atoms with Gasteiger partial charge in [-0.3, -0.25) is 0 Å². The number of halogens is 1. The van der Waals surface area contributed by atoms with Crippen molar-refractivity contribution in [3.63, 3.8) is 0 Å². The molecule has 0 aliphatic heterocycles. The molecule has 0 heterocycles. The van der Waals surface area contributed by atoms with Crippen LogP contribution in [-0.4, -0.2) is 0 Å². The van der Waals surface area contributed by atoms with Crippen LogP contribution in [0.1, 0.15) is 33.1 Å². The van der Waals surface area contributed by atoms with E-state index in [-0.39, 0.29) is 5.41 Å². The maximum Gasteiger partial charge on any atom is 0.0130 e. The van der Waals surface area contributed by atoms with E-state index in [9.17, 15) is 0 Å². The van der Waals surface area contributed by atoms with Gasteiger partial charge in [0.15, 0.2) is 0 Å². The highest BCUT2D eigenvalue weighted by molar-refractivity contribution is 14.1. The molecule has 0 aromatic carbocycles. The Morgan fingerprint density at radius 2 is 2.24 bits per heavy atom. The molecule has 2 rings (SSSR count). The topological polar surface area (TPSA) is 0 Å². The van der Waals surface area contributed by atoms with Gasteiger partial charge in [-0.2, -0.15) is 0 Å². The molecule has 0 aromatic heterocycles. The van der Waals surface area contributed by atoms with Gasteiger partial charge in [0.1, 0.15) is 0 Å². The van der Waals surface area contributed by atoms with Gasteiger partial charge in [-0.1, -0.05) is 49.8 Å². The molecule has 17 heavy (non-hydrogen) atoms. The minimum atomic E-state index is 0.206. The second-order valence-corrected chi connectivity index (χ2v) is 6.46. The number of allylic oxidation sites excluding steroid dienone is 9. The highest BCUT2D eigenvalue weighted by Gasteiger charge is 2.35. The molecule has 0 saturated carbocycles. The zero-order valence-electron chi connectivity index (χ0n) is 10.6. The Bertz CT molecular complexity index is 456. The van der Waals surface area contributed by atoms with Crippen molar-refractivity contribution in [2.75, 3.05) is 0 Å². The first-order chi connectivity index (χ1) is 8.05. The molecule has 0 radical (unpaired) electrons. The van der Waals surface area contributed by atoms with E-state index in [4.69, 9.17) is 0 Å². The van der Waals surface area contributed by atoms with E-state index >= 15 is 0 Å². The average molecular weight is 338 g/mol. The fraction of sp³-hybridized carbons (Fsp3) is 0.375. The quantitative estimate of drug-likeness (QED) is 0.461. The van der Waals surface area contributed by atoms with Gasteiger partial charge >= 0.3 is 0 Å². The monoisotopic (exact) mass is 338 g/mol. The Labute approximate surface area is 118 Å². The molecule has 0 aromatic rings. The summed E-state index contributed by atoms with van der Waals surface area (Å²) in [5.74, 6) is 0. The van der Waals surface area contributed by atoms with E-state index in [0.717, 1.165) is 6.42 Å². The predicted octanol–water partition coefficient (Wildman–Crippen LogP) is 5.49. The summed E-state index contributed by atoms with van der Waals surface area (Å²) >= 11 is 2.38. The van der Waals surface area contributed by atoms with Crippen LogP contribution in [0.15, 0.2) is 57.3 Å². The van der Waals surface area contributed by atoms with Crippen LogP contribution in [-0.2, 0) is 0 Å². The summed E-state index contributed by atoms with van der Waals surface area (Å²) in [6.07, 6.45) is 14.5. The Kier molecular flexibility index (Phi) is 3.76. The van der Waals surface area contributed by atoms with Crippen LogP contribution in [0.2, 0.25) is 0 Å². The summed E-state index contributed by atoms with van der Waals surface area (Å²) in [6.45, 7) is 8.44. The van der Waals surface area contributed by atoms with Crippen molar-refractivity contribution in [1.29, 1.82) is 0 Å². The second-order valence-electron chi connectivity index (χ2n) is 5.22. The van der Waals surface area contributed by atoms with Gasteiger partial charge in [-0.05, 0) is 59.6 Å². The number of rotatable bonds is 2. The molecule has 90 valence electrons. The third kappa shape index (κ3) is 2.49. The molecule has 0 unspecified atom stereocenters. The molecule has 0 saturated heterocycles. The van der Waals surface area contributed by atoms with E-state index in [1.807, 2.05) is 6.08 Å². The Morgan fingerprint density at radius 1 is 1.47 bits per heavy atom. The van der Waals surface area contributed by atoms with Gasteiger partial charge in [0.25, 0.3) is 0 Å². The van der Waals surface area contributed by atoms with Gasteiger partial charge in [-0.15, -0.1) is 0 Å². The first-order valence-electron chi connectivity index (χ1n) is 6.14. The van der Waals surface area contributed by atoms with Crippen LogP contribution in [0, 0.1) is 5.41 Å². The molecule has 0 bridgehead atoms. The van der Waals surface area contributed by atoms with E-state index in [0.29, 0.717) is 0 Å². The van der Waals surface area contributed by atoms with E-state index < -0.39 is 0 Å². The van der Waals surface area contributed by atoms with Gasteiger partial charge in [0, 0.05) is 8.99 Å². The second kappa shape index (κ2) is 4.97. The molecule has 2 aliphatic carbocycles. The van der Waals surface area contributed by atoms with Crippen molar-refractivity contribution in [2.24, 2.45) is 5.41 Å². The Balaban J connectivity index is 2.34. The highest BCUT2D eigenvalue weighted by atomic mass is 127. The van der Waals surface area contributed by atoms with Crippen LogP contribution in [0.4, 0.5) is 0 Å². The Morgan fingerprint density at radius 3 is 2.88 bits per heavy atom. The molecule has 0 spiro atoms. The average Bonchev–Trinajstić information content (AvgIpc) is 2.52. The largest absolute Gasteiger partial charge is 0.0990 e. The van der Waals surface area contributed by atoms with Crippen LogP contribution in [0.3, 0.4) is 0 Å². The first kappa shape index (κ1) is 12.9. The van der Waals surface area contributed by atoms with E-state index in [1.54, 1.807) is 11.1 Å². The predicted molar refractivity (Wildman–Crippen MR) is 84.2 cm³/mol. The number of hydrogen-bond donors (Lipinski definition) is 0. The van der Waals surface area contributed by atoms with Crippen LogP contribution < -0.4 is 0 Å². The zero-order chi connectivity index (χ0) is 12.5. The summed E-state index contributed by atoms with van der Waals surface area (Å²) < 4.78 is 1.27. The normalized spacial score (nSPS) is 25.4. The lowest BCUT2D eigenvalue weighted by atomic mass is 9.80. The van der Waals surface area contributed by atoms with Crippen molar-refractivity contribution in [1.82, 2.24) is 0 Å². The molecule has 0 atom stereocenters. The van der Waals surface area contributed by atoms with Gasteiger partial charge in [0.2, 0.25) is 0 Å². The molecule has 0 fully saturated rings. The van der Waals surface area contributed by atoms with Crippen LogP contribution >= 0.6 is 22.6 Å². The zero-order valence-corrected chi connectivity index (χ0v) is 12.8. The third-order valence-electron chi connectivity index (χ3n) is 3.75. The summed E-state index contributed by atoms with van der Waals surface area (Å²) in [7, 11) is 0. The van der Waals surface area contributed by atoms with Crippen molar-refractivity contribution in [3.8, 4) is 0 Å². The summed E-state index contributed by atoms with van der Waals surface area (Å²) in [5, 5.41) is 0. The molecule has 0 nitrogen and oxygen atoms in total. The minimum Gasteiger partial charge on any atom is -0.0990 e. The minimum absolute atomic E-state index is 0.206. The van der Waals surface area contributed by atoms with E-state index in [2.05, 4.69) is 67.3 Å². The standard InChI is InChI=1S/C16H19I/c1-4-7-14(17)11-13-10-12-8-5-6-9-15(12)16(13,2)3/h4,6-7,9,11H,1,5,8,10H2,2-3H3/b13-11+,14-7+. The molecular weight excluding hydrogens is 319 g/mol. The molecule has 0 amide bonds. The van der Waals surface area contributed by atoms with Crippen molar-refractivity contribution >= 4 is 22.6 Å². The third-order valence-corrected chi connectivity index (χ3v) is 4.42. The maximum atomic E-state index is 3.75. The van der Waals surface area contributed by atoms with Crippen molar-refractivity contribution in [3.05, 3.63) is 57.3 Å². The first-order valence-corrected chi connectivity index (χ1v) is 7.22. The molecular formula is C16H19I. The molecule has 0 N–H and O–H groups in total. The van der Waals surface area contributed by atoms with Crippen molar-refractivity contribution in [2.45, 2.75) is 33.1 Å². The molecule has 2 aliphatic rings. The lowest BCUT2D eigenvalue weighted by molar-refractivity contribution is 0.566. The van der Waals surface area contributed by atoms with Crippen LogP contribution in [0.25, 0.3) is 0 Å². The number of hydrogen-bond acceptors (Lipinski definition) is 0. The summed E-state index contributed by atoms with van der Waals surface area (Å²) in [4.78, 5) is 0. The van der Waals surface area contributed by atoms with Gasteiger partial charge in [-0.25, -0.2) is 0 Å².